The van der Waals surface area contributed by atoms with Crippen LogP contribution >= 0.6 is 0 Å². The van der Waals surface area contributed by atoms with Gasteiger partial charge in [-0.25, -0.2) is 0 Å². The summed E-state index contributed by atoms with van der Waals surface area (Å²) < 4.78 is 5.62. The van der Waals surface area contributed by atoms with Gasteiger partial charge in [0.1, 0.15) is 0 Å². The lowest BCUT2D eigenvalue weighted by atomic mass is 9.90. The second-order valence-electron chi connectivity index (χ2n) is 5.14. The van der Waals surface area contributed by atoms with E-state index in [9.17, 15) is 0 Å². The van der Waals surface area contributed by atoms with Crippen LogP contribution in [-0.4, -0.2) is 30.5 Å². The van der Waals surface area contributed by atoms with E-state index in [1.807, 2.05) is 6.92 Å². The topological polar surface area (TPSA) is 55.5 Å². The van der Waals surface area contributed by atoms with Gasteiger partial charge in [0, 0.05) is 18.8 Å². The molecular formula is C12H25NO2. The summed E-state index contributed by atoms with van der Waals surface area (Å²) in [7, 11) is 0. The highest BCUT2D eigenvalue weighted by Crippen LogP contribution is 2.23. The van der Waals surface area contributed by atoms with Gasteiger partial charge in [-0.15, -0.1) is 0 Å². The number of aliphatic hydroxyl groups is 1. The molecule has 0 aliphatic heterocycles. The third-order valence-electron chi connectivity index (χ3n) is 3.26. The fraction of sp³-hybridized carbons (Fsp3) is 1.00. The van der Waals surface area contributed by atoms with Gasteiger partial charge in [0.25, 0.3) is 0 Å². The Hall–Kier alpha value is -0.120. The van der Waals surface area contributed by atoms with Crippen LogP contribution in [0.5, 0.6) is 0 Å². The van der Waals surface area contributed by atoms with Crippen LogP contribution in [0.4, 0.5) is 0 Å². The van der Waals surface area contributed by atoms with Crippen molar-refractivity contribution in [3.8, 4) is 0 Å². The molecule has 3 nitrogen and oxygen atoms in total. The van der Waals surface area contributed by atoms with Crippen molar-refractivity contribution in [2.75, 3.05) is 19.8 Å². The molecule has 0 amide bonds. The second-order valence-corrected chi connectivity index (χ2v) is 5.14. The molecule has 1 saturated carbocycles. The van der Waals surface area contributed by atoms with E-state index in [2.05, 4.69) is 0 Å². The molecule has 0 spiro atoms. The van der Waals surface area contributed by atoms with Gasteiger partial charge in [-0.2, -0.15) is 0 Å². The quantitative estimate of drug-likeness (QED) is 0.663. The van der Waals surface area contributed by atoms with E-state index in [4.69, 9.17) is 15.6 Å². The number of nitrogens with two attached hydrogens (primary N) is 1. The van der Waals surface area contributed by atoms with Gasteiger partial charge in [0.15, 0.2) is 0 Å². The SMILES string of the molecule is CC(N)(CO)CCOCC1CCCCC1. The van der Waals surface area contributed by atoms with Crippen molar-refractivity contribution in [1.82, 2.24) is 0 Å². The van der Waals surface area contributed by atoms with Gasteiger partial charge >= 0.3 is 0 Å². The summed E-state index contributed by atoms with van der Waals surface area (Å²) in [6.45, 7) is 3.43. The number of rotatable bonds is 6. The van der Waals surface area contributed by atoms with E-state index in [0.717, 1.165) is 18.9 Å². The molecule has 0 radical (unpaired) electrons. The predicted molar refractivity (Wildman–Crippen MR) is 61.7 cm³/mol. The van der Waals surface area contributed by atoms with Crippen molar-refractivity contribution in [1.29, 1.82) is 0 Å². The first-order valence-electron chi connectivity index (χ1n) is 6.11. The maximum Gasteiger partial charge on any atom is 0.0609 e. The number of hydrogen-bond acceptors (Lipinski definition) is 3. The largest absolute Gasteiger partial charge is 0.394 e. The van der Waals surface area contributed by atoms with Crippen molar-refractivity contribution in [3.63, 3.8) is 0 Å². The second kappa shape index (κ2) is 6.46. The summed E-state index contributed by atoms with van der Waals surface area (Å²) in [4.78, 5) is 0. The fourth-order valence-electron chi connectivity index (χ4n) is 1.99. The number of hydrogen-bond donors (Lipinski definition) is 2. The first kappa shape index (κ1) is 12.9. The Morgan fingerprint density at radius 3 is 2.60 bits per heavy atom. The summed E-state index contributed by atoms with van der Waals surface area (Å²) in [6, 6.07) is 0. The average molecular weight is 215 g/mol. The minimum atomic E-state index is -0.480. The molecule has 3 N–H and O–H groups in total. The Balaban J connectivity index is 2.00. The summed E-state index contributed by atoms with van der Waals surface area (Å²) in [5.74, 6) is 0.761. The van der Waals surface area contributed by atoms with Gasteiger partial charge in [-0.3, -0.25) is 0 Å². The summed E-state index contributed by atoms with van der Waals surface area (Å²) in [5.41, 5.74) is 5.33. The highest BCUT2D eigenvalue weighted by Gasteiger charge is 2.17. The molecule has 1 atom stereocenters. The Morgan fingerprint density at radius 1 is 1.33 bits per heavy atom. The predicted octanol–water partition coefficient (Wildman–Crippen LogP) is 1.68. The maximum atomic E-state index is 8.96. The van der Waals surface area contributed by atoms with Crippen LogP contribution in [0.15, 0.2) is 0 Å². The minimum absolute atomic E-state index is 0.0276. The standard InChI is InChI=1S/C12H25NO2/c1-12(13,10-14)7-8-15-9-11-5-3-2-4-6-11/h11,14H,2-10,13H2,1H3. The molecule has 1 rings (SSSR count). The van der Waals surface area contributed by atoms with Gasteiger partial charge < -0.3 is 15.6 Å². The Bertz CT molecular complexity index is 165. The average Bonchev–Trinajstić information content (AvgIpc) is 2.26. The monoisotopic (exact) mass is 215 g/mol. The Kier molecular flexibility index (Phi) is 5.58. The van der Waals surface area contributed by atoms with Crippen LogP contribution < -0.4 is 5.73 Å². The lowest BCUT2D eigenvalue weighted by molar-refractivity contribution is 0.0656. The van der Waals surface area contributed by atoms with Crippen LogP contribution in [0.3, 0.4) is 0 Å². The molecule has 90 valence electrons. The Morgan fingerprint density at radius 2 is 2.00 bits per heavy atom. The van der Waals surface area contributed by atoms with E-state index in [-0.39, 0.29) is 6.61 Å². The molecule has 15 heavy (non-hydrogen) atoms. The highest BCUT2D eigenvalue weighted by molar-refractivity contribution is 4.76. The van der Waals surface area contributed by atoms with Crippen molar-refractivity contribution in [3.05, 3.63) is 0 Å². The lowest BCUT2D eigenvalue weighted by Crippen LogP contribution is -2.41. The maximum absolute atomic E-state index is 8.96. The molecule has 3 heteroatoms. The summed E-state index contributed by atoms with van der Waals surface area (Å²) >= 11 is 0. The molecule has 0 aromatic heterocycles. The molecule has 0 bridgehead atoms. The van der Waals surface area contributed by atoms with E-state index in [1.165, 1.54) is 32.1 Å². The van der Waals surface area contributed by atoms with Crippen molar-refractivity contribution >= 4 is 0 Å². The molecule has 1 fully saturated rings. The molecule has 0 saturated heterocycles. The molecule has 1 unspecified atom stereocenters. The smallest absolute Gasteiger partial charge is 0.0609 e. The molecule has 0 heterocycles. The normalized spacial score (nSPS) is 22.6. The van der Waals surface area contributed by atoms with Crippen LogP contribution in [0, 0.1) is 5.92 Å². The van der Waals surface area contributed by atoms with Gasteiger partial charge in [-0.1, -0.05) is 19.3 Å². The molecule has 0 aromatic rings. The van der Waals surface area contributed by atoms with Crippen molar-refractivity contribution < 1.29 is 9.84 Å². The summed E-state index contributed by atoms with van der Waals surface area (Å²) in [5, 5.41) is 8.96. The van der Waals surface area contributed by atoms with E-state index in [1.54, 1.807) is 0 Å². The zero-order valence-corrected chi connectivity index (χ0v) is 9.87. The van der Waals surface area contributed by atoms with Crippen molar-refractivity contribution in [2.45, 2.75) is 51.0 Å². The van der Waals surface area contributed by atoms with E-state index in [0.29, 0.717) is 6.61 Å². The third-order valence-corrected chi connectivity index (χ3v) is 3.26. The van der Waals surface area contributed by atoms with Crippen LogP contribution in [0.2, 0.25) is 0 Å². The van der Waals surface area contributed by atoms with E-state index < -0.39 is 5.54 Å². The first-order chi connectivity index (χ1) is 7.14. The zero-order valence-electron chi connectivity index (χ0n) is 9.87. The van der Waals surface area contributed by atoms with E-state index >= 15 is 0 Å². The molecule has 1 aliphatic carbocycles. The van der Waals surface area contributed by atoms with Crippen LogP contribution in [-0.2, 0) is 4.74 Å². The van der Waals surface area contributed by atoms with Gasteiger partial charge in [0.05, 0.1) is 6.61 Å². The van der Waals surface area contributed by atoms with Gasteiger partial charge in [0.2, 0.25) is 0 Å². The number of aliphatic hydroxyl groups excluding tert-OH is 1. The Labute approximate surface area is 93.0 Å². The van der Waals surface area contributed by atoms with Crippen molar-refractivity contribution in [2.24, 2.45) is 11.7 Å². The molecule has 1 aliphatic rings. The third kappa shape index (κ3) is 5.50. The minimum Gasteiger partial charge on any atom is -0.394 e. The van der Waals surface area contributed by atoms with Crippen LogP contribution in [0.25, 0.3) is 0 Å². The van der Waals surface area contributed by atoms with Crippen LogP contribution in [0.1, 0.15) is 45.4 Å². The highest BCUT2D eigenvalue weighted by atomic mass is 16.5. The number of ether oxygens (including phenoxy) is 1. The molecular weight excluding hydrogens is 190 g/mol. The van der Waals surface area contributed by atoms with Gasteiger partial charge in [-0.05, 0) is 32.1 Å². The zero-order chi connectivity index (χ0) is 11.1. The lowest BCUT2D eigenvalue weighted by Gasteiger charge is -2.24. The fourth-order valence-corrected chi connectivity index (χ4v) is 1.99. The first-order valence-corrected chi connectivity index (χ1v) is 6.11. The summed E-state index contributed by atoms with van der Waals surface area (Å²) in [6.07, 6.45) is 7.48. The molecule has 0 aromatic carbocycles.